The minimum Gasteiger partial charge on any atom is -0.740 e. The van der Waals surface area contributed by atoms with Gasteiger partial charge in [-0.25, -0.2) is 0 Å². The first-order valence-corrected chi connectivity index (χ1v) is 11.0. The number of aliphatic carboxylic acids is 1. The van der Waals surface area contributed by atoms with Crippen molar-refractivity contribution in [1.29, 1.82) is 0 Å². The topological polar surface area (TPSA) is 92.2 Å². The molecular formula is C22H27N6O2S-. The van der Waals surface area contributed by atoms with Crippen LogP contribution in [0.15, 0.2) is 52.8 Å². The maximum atomic E-state index is 11.9. The summed E-state index contributed by atoms with van der Waals surface area (Å²) in [4.78, 5) is 11.9. The molecule has 2 aliphatic rings. The van der Waals surface area contributed by atoms with E-state index in [0.29, 0.717) is 10.9 Å². The quantitative estimate of drug-likeness (QED) is 0.372. The number of nitrogens with one attached hydrogen (secondary N) is 2. The summed E-state index contributed by atoms with van der Waals surface area (Å²) < 4.78 is 0.473. The molecule has 2 N–H and O–H groups in total. The van der Waals surface area contributed by atoms with Gasteiger partial charge in [-0.3, -0.25) is 9.49 Å². The van der Waals surface area contributed by atoms with Gasteiger partial charge in [0.15, 0.2) is 0 Å². The molecule has 0 radical (unpaired) electrons. The zero-order valence-corrected chi connectivity index (χ0v) is 18.6. The van der Waals surface area contributed by atoms with E-state index in [2.05, 4.69) is 47.2 Å². The van der Waals surface area contributed by atoms with E-state index >= 15 is 0 Å². The number of quaternary nitrogens is 1. The number of hydrazine groups is 1. The molecule has 0 aliphatic carbocycles. The van der Waals surface area contributed by atoms with E-state index in [-0.39, 0.29) is 0 Å². The third-order valence-corrected chi connectivity index (χ3v) is 6.58. The monoisotopic (exact) mass is 439 g/mol. The predicted molar refractivity (Wildman–Crippen MR) is 122 cm³/mol. The van der Waals surface area contributed by atoms with Crippen LogP contribution in [0, 0.1) is 13.8 Å². The van der Waals surface area contributed by atoms with Gasteiger partial charge >= 0.3 is 0 Å². The summed E-state index contributed by atoms with van der Waals surface area (Å²) in [5, 5.41) is 24.7. The number of carbonyl (C=O) groups is 1. The third-order valence-electron chi connectivity index (χ3n) is 6.27. The number of carboxylic acid groups (broad SMARTS) is 1. The molecule has 2 aliphatic heterocycles. The minimum atomic E-state index is -0.957. The lowest BCUT2D eigenvalue weighted by Gasteiger charge is -2.53. The number of rotatable bonds is 8. The SMILES string of the molecule is Cc1cccc(C)c1[N+]1(CCCNc2cccc(N3NN=NC3[S-])c2)CCC1C(=O)[O-]. The molecule has 0 saturated carbocycles. The van der Waals surface area contributed by atoms with Crippen LogP contribution in [0.4, 0.5) is 17.1 Å². The molecule has 1 saturated heterocycles. The Kier molecular flexibility index (Phi) is 6.06. The second kappa shape index (κ2) is 8.76. The first-order chi connectivity index (χ1) is 14.9. The molecule has 2 aromatic rings. The maximum Gasteiger partial charge on any atom is 0.139 e. The van der Waals surface area contributed by atoms with Crippen molar-refractivity contribution < 1.29 is 9.90 Å². The average Bonchev–Trinajstić information content (AvgIpc) is 3.14. The van der Waals surface area contributed by atoms with Gasteiger partial charge in [-0.1, -0.05) is 29.5 Å². The van der Waals surface area contributed by atoms with Gasteiger partial charge in [0.1, 0.15) is 11.7 Å². The first kappa shape index (κ1) is 21.5. The normalized spacial score (nSPS) is 24.5. The number of carbonyl (C=O) groups excluding carboxylic acids is 1. The number of hydrogen-bond donors (Lipinski definition) is 2. The van der Waals surface area contributed by atoms with Gasteiger partial charge in [0.25, 0.3) is 0 Å². The molecule has 0 aromatic heterocycles. The van der Waals surface area contributed by atoms with Crippen LogP contribution in [0.5, 0.6) is 0 Å². The first-order valence-electron chi connectivity index (χ1n) is 10.5. The van der Waals surface area contributed by atoms with Gasteiger partial charge in [-0.2, -0.15) is 10.6 Å². The van der Waals surface area contributed by atoms with E-state index < -0.39 is 17.5 Å². The molecule has 31 heavy (non-hydrogen) atoms. The molecule has 1 fully saturated rings. The number of nitrogens with zero attached hydrogens (tertiary/aromatic N) is 4. The van der Waals surface area contributed by atoms with E-state index in [9.17, 15) is 9.90 Å². The predicted octanol–water partition coefficient (Wildman–Crippen LogP) is 2.16. The average molecular weight is 440 g/mol. The van der Waals surface area contributed by atoms with E-state index in [0.717, 1.165) is 54.2 Å². The zero-order chi connectivity index (χ0) is 22.0. The summed E-state index contributed by atoms with van der Waals surface area (Å²) in [7, 11) is 0. The van der Waals surface area contributed by atoms with Crippen LogP contribution in [-0.2, 0) is 17.4 Å². The summed E-state index contributed by atoms with van der Waals surface area (Å²) in [6.45, 7) is 6.43. The fourth-order valence-electron chi connectivity index (χ4n) is 4.81. The number of benzene rings is 2. The maximum absolute atomic E-state index is 11.9. The highest BCUT2D eigenvalue weighted by molar-refractivity contribution is 7.59. The fraction of sp³-hybridized carbons (Fsp3) is 0.409. The van der Waals surface area contributed by atoms with Crippen molar-refractivity contribution in [3.05, 3.63) is 53.6 Å². The van der Waals surface area contributed by atoms with Crippen LogP contribution in [0.1, 0.15) is 24.0 Å². The molecule has 8 nitrogen and oxygen atoms in total. The number of anilines is 2. The van der Waals surface area contributed by atoms with Crippen molar-refractivity contribution in [2.24, 2.45) is 10.3 Å². The van der Waals surface area contributed by atoms with Gasteiger partial charge in [0.05, 0.1) is 31.2 Å². The van der Waals surface area contributed by atoms with Crippen molar-refractivity contribution in [2.75, 3.05) is 30.0 Å². The molecule has 164 valence electrons. The van der Waals surface area contributed by atoms with Crippen LogP contribution in [-0.4, -0.2) is 37.1 Å². The van der Waals surface area contributed by atoms with Crippen molar-refractivity contribution in [3.63, 3.8) is 0 Å². The second-order valence-electron chi connectivity index (χ2n) is 8.19. The highest BCUT2D eigenvalue weighted by atomic mass is 32.1. The van der Waals surface area contributed by atoms with Crippen LogP contribution >= 0.6 is 0 Å². The van der Waals surface area contributed by atoms with Crippen molar-refractivity contribution >= 4 is 35.7 Å². The zero-order valence-electron chi connectivity index (χ0n) is 17.7. The van der Waals surface area contributed by atoms with Crippen molar-refractivity contribution in [1.82, 2.24) is 10.0 Å². The van der Waals surface area contributed by atoms with Gasteiger partial charge < -0.3 is 27.8 Å². The third kappa shape index (κ3) is 4.07. The van der Waals surface area contributed by atoms with Crippen LogP contribution in [0.3, 0.4) is 0 Å². The van der Waals surface area contributed by atoms with E-state index in [1.54, 1.807) is 5.01 Å². The number of hydrogen-bond acceptors (Lipinski definition) is 8. The molecule has 3 atom stereocenters. The summed E-state index contributed by atoms with van der Waals surface area (Å²) >= 11 is 5.24. The Balaban J connectivity index is 1.43. The van der Waals surface area contributed by atoms with Crippen molar-refractivity contribution in [3.8, 4) is 0 Å². The molecule has 0 bridgehead atoms. The summed E-state index contributed by atoms with van der Waals surface area (Å²) in [5.74, 6) is -0.957. The highest BCUT2D eigenvalue weighted by Crippen LogP contribution is 2.40. The lowest BCUT2D eigenvalue weighted by Crippen LogP contribution is -2.72. The lowest BCUT2D eigenvalue weighted by molar-refractivity contribution is -0.314. The Labute approximate surface area is 187 Å². The van der Waals surface area contributed by atoms with Crippen molar-refractivity contribution in [2.45, 2.75) is 38.2 Å². The Bertz CT molecular complexity index is 979. The van der Waals surface area contributed by atoms with Gasteiger partial charge in [-0.05, 0) is 32.0 Å². The Hall–Kier alpha value is -2.78. The van der Waals surface area contributed by atoms with Crippen LogP contribution in [0.25, 0.3) is 0 Å². The number of aryl methyl sites for hydroxylation is 2. The molecule has 3 unspecified atom stereocenters. The Morgan fingerprint density at radius 2 is 2.03 bits per heavy atom. The summed E-state index contributed by atoms with van der Waals surface area (Å²) in [5.41, 5.74) is 7.58. The molecule has 9 heteroatoms. The minimum absolute atomic E-state index is 0.468. The van der Waals surface area contributed by atoms with Crippen LogP contribution in [0.2, 0.25) is 0 Å². The molecule has 2 heterocycles. The van der Waals surface area contributed by atoms with Gasteiger partial charge in [-0.15, -0.1) is 0 Å². The Morgan fingerprint density at radius 3 is 2.65 bits per heavy atom. The molecule has 2 aromatic carbocycles. The van der Waals surface area contributed by atoms with E-state index in [4.69, 9.17) is 12.6 Å². The standard InChI is InChI=1S/C22H28N6O2S/c1-15-6-3-7-16(2)20(15)28(13-10-19(28)21(29)30)12-5-11-23-17-8-4-9-18(14-17)27-22(31)24-25-26-27/h3-4,6-9,14,19,22-23H,5,10-13H2,1-2H3,(H2-,24,26,29,30,31)/p-1. The highest BCUT2D eigenvalue weighted by Gasteiger charge is 2.49. The second-order valence-corrected chi connectivity index (χ2v) is 8.61. The van der Waals surface area contributed by atoms with Gasteiger partial charge in [0.2, 0.25) is 0 Å². The molecule has 0 amide bonds. The number of likely N-dealkylation sites (tertiary alicyclic amines) is 1. The largest absolute Gasteiger partial charge is 0.740 e. The van der Waals surface area contributed by atoms with Gasteiger partial charge in [0, 0.05) is 35.3 Å². The lowest BCUT2D eigenvalue weighted by atomic mass is 9.91. The van der Waals surface area contributed by atoms with Crippen LogP contribution < -0.4 is 25.5 Å². The molecular weight excluding hydrogens is 412 g/mol. The molecule has 0 spiro atoms. The fourth-order valence-corrected chi connectivity index (χ4v) is 5.03. The molecule has 4 rings (SSSR count). The number of para-hydroxylation sites is 1. The number of carboxylic acids is 1. The summed E-state index contributed by atoms with van der Waals surface area (Å²) in [6.07, 6.45) is 1.49. The van der Waals surface area contributed by atoms with E-state index in [1.165, 1.54) is 0 Å². The Morgan fingerprint density at radius 1 is 1.29 bits per heavy atom. The summed E-state index contributed by atoms with van der Waals surface area (Å²) in [6, 6.07) is 13.5. The van der Waals surface area contributed by atoms with E-state index in [1.807, 2.05) is 30.3 Å². The smallest absolute Gasteiger partial charge is 0.139 e.